The summed E-state index contributed by atoms with van der Waals surface area (Å²) in [7, 11) is 4.44. The molecule has 2 rings (SSSR count). The van der Waals surface area contributed by atoms with Crippen LogP contribution < -0.4 is 10.2 Å². The van der Waals surface area contributed by atoms with Crippen LogP contribution >= 0.6 is 0 Å². The Morgan fingerprint density at radius 2 is 2.30 bits per heavy atom. The number of likely N-dealkylation sites (tertiary alicyclic amines) is 1. The van der Waals surface area contributed by atoms with Crippen LogP contribution in [0.1, 0.15) is 32.3 Å². The monoisotopic (exact) mass is 276 g/mol. The lowest BCUT2D eigenvalue weighted by atomic mass is 10.0. The molecule has 0 spiro atoms. The number of rotatable bonds is 5. The molecule has 1 saturated heterocycles. The number of piperidine rings is 1. The maximum Gasteiger partial charge on any atom is 0.0443 e. The van der Waals surface area contributed by atoms with Crippen LogP contribution in [0.25, 0.3) is 0 Å². The minimum absolute atomic E-state index is 0.495. The Labute approximate surface area is 123 Å². The van der Waals surface area contributed by atoms with E-state index in [9.17, 15) is 0 Å². The fourth-order valence-corrected chi connectivity index (χ4v) is 2.87. The molecule has 4 nitrogen and oxygen atoms in total. The van der Waals surface area contributed by atoms with Crippen molar-refractivity contribution in [3.63, 3.8) is 0 Å². The summed E-state index contributed by atoms with van der Waals surface area (Å²) in [6, 6.07) is 3.24. The molecule has 0 aromatic carbocycles. The largest absolute Gasteiger partial charge is 0.370 e. The minimum Gasteiger partial charge on any atom is -0.370 e. The van der Waals surface area contributed by atoms with E-state index in [1.807, 2.05) is 12.4 Å². The van der Waals surface area contributed by atoms with Gasteiger partial charge in [0.2, 0.25) is 0 Å². The van der Waals surface area contributed by atoms with Crippen LogP contribution in [0.2, 0.25) is 0 Å². The summed E-state index contributed by atoms with van der Waals surface area (Å²) in [6.07, 6.45) is 6.46. The molecule has 1 aromatic heterocycles. The van der Waals surface area contributed by atoms with Gasteiger partial charge in [-0.1, -0.05) is 13.8 Å². The summed E-state index contributed by atoms with van der Waals surface area (Å²) in [6.45, 7) is 7.61. The van der Waals surface area contributed by atoms with Crippen molar-refractivity contribution < 1.29 is 0 Å². The Hall–Kier alpha value is -1.13. The Morgan fingerprint density at radius 1 is 1.50 bits per heavy atom. The van der Waals surface area contributed by atoms with Gasteiger partial charge in [0, 0.05) is 55.9 Å². The van der Waals surface area contributed by atoms with Crippen molar-refractivity contribution in [2.24, 2.45) is 0 Å². The van der Waals surface area contributed by atoms with Crippen LogP contribution in [0.3, 0.4) is 0 Å². The van der Waals surface area contributed by atoms with Crippen LogP contribution in [0.15, 0.2) is 18.5 Å². The predicted molar refractivity (Wildman–Crippen MR) is 85.1 cm³/mol. The maximum atomic E-state index is 4.29. The Bertz CT molecular complexity index is 419. The average molecular weight is 276 g/mol. The van der Waals surface area contributed by atoms with Crippen LogP contribution in [0.4, 0.5) is 5.69 Å². The lowest BCUT2D eigenvalue weighted by Crippen LogP contribution is -2.45. The highest BCUT2D eigenvalue weighted by Gasteiger charge is 2.22. The number of hydrogen-bond donors (Lipinski definition) is 1. The van der Waals surface area contributed by atoms with Crippen molar-refractivity contribution in [1.29, 1.82) is 0 Å². The number of hydrogen-bond acceptors (Lipinski definition) is 4. The molecule has 0 radical (unpaired) electrons. The minimum atomic E-state index is 0.495. The molecule has 4 heteroatoms. The summed E-state index contributed by atoms with van der Waals surface area (Å²) < 4.78 is 0. The number of pyridine rings is 1. The maximum absolute atomic E-state index is 4.29. The van der Waals surface area contributed by atoms with Crippen LogP contribution in [0, 0.1) is 0 Å². The SMILES string of the molecule is CC(C)NCc1cnccc1N(C)C1CCCN(C)C1. The van der Waals surface area contributed by atoms with E-state index in [1.165, 1.54) is 30.6 Å². The molecule has 0 bridgehead atoms. The van der Waals surface area contributed by atoms with Gasteiger partial charge in [0.25, 0.3) is 0 Å². The summed E-state index contributed by atoms with van der Waals surface area (Å²) in [5.74, 6) is 0. The number of aromatic nitrogens is 1. The Morgan fingerprint density at radius 3 is 3.00 bits per heavy atom. The van der Waals surface area contributed by atoms with Gasteiger partial charge in [0.15, 0.2) is 0 Å². The van der Waals surface area contributed by atoms with E-state index in [-0.39, 0.29) is 0 Å². The van der Waals surface area contributed by atoms with Crippen molar-refractivity contribution in [1.82, 2.24) is 15.2 Å². The molecule has 1 unspecified atom stereocenters. The molecule has 2 heterocycles. The predicted octanol–water partition coefficient (Wildman–Crippen LogP) is 2.11. The molecule has 1 aliphatic heterocycles. The lowest BCUT2D eigenvalue weighted by Gasteiger charge is -2.38. The molecule has 1 atom stereocenters. The first kappa shape index (κ1) is 15.3. The molecule has 1 aliphatic rings. The van der Waals surface area contributed by atoms with Gasteiger partial charge >= 0.3 is 0 Å². The highest BCUT2D eigenvalue weighted by molar-refractivity contribution is 5.52. The quantitative estimate of drug-likeness (QED) is 0.892. The van der Waals surface area contributed by atoms with E-state index in [0.29, 0.717) is 12.1 Å². The fourth-order valence-electron chi connectivity index (χ4n) is 2.87. The third-order valence-corrected chi connectivity index (χ3v) is 4.11. The summed E-state index contributed by atoms with van der Waals surface area (Å²) in [4.78, 5) is 9.16. The van der Waals surface area contributed by atoms with Gasteiger partial charge in [-0.25, -0.2) is 0 Å². The van der Waals surface area contributed by atoms with Crippen LogP contribution in [0.5, 0.6) is 0 Å². The number of anilines is 1. The zero-order chi connectivity index (χ0) is 14.5. The van der Waals surface area contributed by atoms with E-state index in [4.69, 9.17) is 0 Å². The van der Waals surface area contributed by atoms with Crippen LogP contribution in [-0.2, 0) is 6.54 Å². The van der Waals surface area contributed by atoms with Gasteiger partial charge in [0.05, 0.1) is 0 Å². The third-order valence-electron chi connectivity index (χ3n) is 4.11. The molecule has 0 amide bonds. The first-order valence-electron chi connectivity index (χ1n) is 7.65. The third kappa shape index (κ3) is 3.93. The molecular formula is C16H28N4. The molecule has 0 saturated carbocycles. The van der Waals surface area contributed by atoms with Gasteiger partial charge < -0.3 is 15.1 Å². The first-order chi connectivity index (χ1) is 9.58. The molecule has 0 aliphatic carbocycles. The zero-order valence-electron chi connectivity index (χ0n) is 13.3. The molecule has 1 N–H and O–H groups in total. The lowest BCUT2D eigenvalue weighted by molar-refractivity contribution is 0.248. The van der Waals surface area contributed by atoms with Gasteiger partial charge in [0.1, 0.15) is 0 Å². The zero-order valence-corrected chi connectivity index (χ0v) is 13.3. The average Bonchev–Trinajstić information content (AvgIpc) is 2.44. The van der Waals surface area contributed by atoms with E-state index >= 15 is 0 Å². The summed E-state index contributed by atoms with van der Waals surface area (Å²) >= 11 is 0. The normalized spacial score (nSPS) is 20.4. The molecular weight excluding hydrogens is 248 g/mol. The van der Waals surface area contributed by atoms with Crippen molar-refractivity contribution in [2.75, 3.05) is 32.1 Å². The van der Waals surface area contributed by atoms with Crippen molar-refractivity contribution >= 4 is 5.69 Å². The summed E-state index contributed by atoms with van der Waals surface area (Å²) in [5.41, 5.74) is 2.60. The highest BCUT2D eigenvalue weighted by atomic mass is 15.2. The van der Waals surface area contributed by atoms with Crippen LogP contribution in [-0.4, -0.2) is 49.2 Å². The fraction of sp³-hybridized carbons (Fsp3) is 0.688. The molecule has 20 heavy (non-hydrogen) atoms. The second-order valence-electron chi connectivity index (χ2n) is 6.21. The van der Waals surface area contributed by atoms with E-state index in [0.717, 1.165) is 13.1 Å². The second-order valence-corrected chi connectivity index (χ2v) is 6.21. The standard InChI is InChI=1S/C16H28N4/c1-13(2)18-11-14-10-17-8-7-16(14)20(4)15-6-5-9-19(3)12-15/h7-8,10,13,15,18H,5-6,9,11-12H2,1-4H3. The number of likely N-dealkylation sites (N-methyl/N-ethyl adjacent to an activating group) is 2. The van der Waals surface area contributed by atoms with Crippen molar-refractivity contribution in [2.45, 2.75) is 45.3 Å². The molecule has 1 fully saturated rings. The molecule has 112 valence electrons. The molecule has 1 aromatic rings. The van der Waals surface area contributed by atoms with Gasteiger partial charge in [-0.3, -0.25) is 4.98 Å². The van der Waals surface area contributed by atoms with Gasteiger partial charge in [-0.05, 0) is 32.5 Å². The second kappa shape index (κ2) is 7.04. The van der Waals surface area contributed by atoms with E-state index in [2.05, 4.69) is 54.1 Å². The number of nitrogens with zero attached hydrogens (tertiary/aromatic N) is 3. The Balaban J connectivity index is 2.10. The van der Waals surface area contributed by atoms with E-state index in [1.54, 1.807) is 0 Å². The number of nitrogens with one attached hydrogen (secondary N) is 1. The smallest absolute Gasteiger partial charge is 0.0443 e. The van der Waals surface area contributed by atoms with E-state index < -0.39 is 0 Å². The van der Waals surface area contributed by atoms with Gasteiger partial charge in [-0.15, -0.1) is 0 Å². The van der Waals surface area contributed by atoms with Gasteiger partial charge in [-0.2, -0.15) is 0 Å². The van der Waals surface area contributed by atoms with Crippen molar-refractivity contribution in [3.05, 3.63) is 24.0 Å². The highest BCUT2D eigenvalue weighted by Crippen LogP contribution is 2.24. The van der Waals surface area contributed by atoms with Crippen molar-refractivity contribution in [3.8, 4) is 0 Å². The topological polar surface area (TPSA) is 31.4 Å². The first-order valence-corrected chi connectivity index (χ1v) is 7.65. The Kier molecular flexibility index (Phi) is 5.38. The summed E-state index contributed by atoms with van der Waals surface area (Å²) in [5, 5.41) is 3.49.